The lowest BCUT2D eigenvalue weighted by Crippen LogP contribution is -2.29. The molecule has 6 nitrogen and oxygen atoms in total. The van der Waals surface area contributed by atoms with Crippen LogP contribution in [0.5, 0.6) is 5.75 Å². The summed E-state index contributed by atoms with van der Waals surface area (Å²) < 4.78 is 21.0. The number of nitrogens with zero attached hydrogens (tertiary/aromatic N) is 2. The number of rotatable bonds is 6. The maximum Gasteiger partial charge on any atom is 0.259 e. The van der Waals surface area contributed by atoms with Crippen molar-refractivity contribution in [3.8, 4) is 11.4 Å². The van der Waals surface area contributed by atoms with Crippen LogP contribution in [0, 0.1) is 5.82 Å². The van der Waals surface area contributed by atoms with E-state index in [-0.39, 0.29) is 17.6 Å². The second-order valence-electron chi connectivity index (χ2n) is 7.27. The number of amides is 1. The summed E-state index contributed by atoms with van der Waals surface area (Å²) in [5.74, 6) is 0.359. The maximum atomic E-state index is 13.8. The molecule has 0 spiro atoms. The van der Waals surface area contributed by atoms with Gasteiger partial charge in [-0.15, -0.1) is 0 Å². The topological polar surface area (TPSA) is 68.2 Å². The van der Waals surface area contributed by atoms with Crippen molar-refractivity contribution in [2.24, 2.45) is 0 Å². The van der Waals surface area contributed by atoms with E-state index < -0.39 is 0 Å². The summed E-state index contributed by atoms with van der Waals surface area (Å²) in [6.07, 6.45) is 3.36. The molecule has 0 bridgehead atoms. The van der Waals surface area contributed by atoms with Crippen LogP contribution in [0.1, 0.15) is 41.7 Å². The molecule has 7 heteroatoms. The van der Waals surface area contributed by atoms with Gasteiger partial charge in [-0.3, -0.25) is 4.79 Å². The molecule has 1 aromatic heterocycles. The molecule has 30 heavy (non-hydrogen) atoms. The Balaban J connectivity index is 1.65. The fourth-order valence-electron chi connectivity index (χ4n) is 3.83. The van der Waals surface area contributed by atoms with Crippen molar-refractivity contribution >= 4 is 11.6 Å². The third-order valence-electron chi connectivity index (χ3n) is 5.25. The van der Waals surface area contributed by atoms with Crippen LogP contribution in [0.3, 0.4) is 0 Å². The summed E-state index contributed by atoms with van der Waals surface area (Å²) in [7, 11) is 0. The Kier molecular flexibility index (Phi) is 6.09. The summed E-state index contributed by atoms with van der Waals surface area (Å²) in [6, 6.07) is 13.6. The van der Waals surface area contributed by atoms with Gasteiger partial charge in [0.15, 0.2) is 0 Å². The van der Waals surface area contributed by atoms with Crippen LogP contribution < -0.4 is 15.4 Å². The van der Waals surface area contributed by atoms with Gasteiger partial charge in [-0.2, -0.15) is 5.10 Å². The number of nitrogens with one attached hydrogen (secondary N) is 2. The molecule has 156 valence electrons. The van der Waals surface area contributed by atoms with Crippen molar-refractivity contribution in [2.45, 2.75) is 25.7 Å². The summed E-state index contributed by atoms with van der Waals surface area (Å²) in [5.41, 5.74) is 2.63. The molecular formula is C23H25FN4O2. The van der Waals surface area contributed by atoms with Crippen molar-refractivity contribution in [1.29, 1.82) is 0 Å². The second-order valence-corrected chi connectivity index (χ2v) is 7.27. The molecule has 1 aliphatic heterocycles. The zero-order valence-electron chi connectivity index (χ0n) is 16.9. The Labute approximate surface area is 175 Å². The molecular weight excluding hydrogens is 383 g/mol. The number of carbonyl (C=O) groups is 1. The largest absolute Gasteiger partial charge is 0.494 e. The van der Waals surface area contributed by atoms with Crippen LogP contribution in [-0.4, -0.2) is 35.4 Å². The van der Waals surface area contributed by atoms with Gasteiger partial charge in [0.2, 0.25) is 0 Å². The normalized spacial score (nSPS) is 14.5. The van der Waals surface area contributed by atoms with Gasteiger partial charge < -0.3 is 15.4 Å². The van der Waals surface area contributed by atoms with Gasteiger partial charge in [0.1, 0.15) is 11.6 Å². The number of carbonyl (C=O) groups excluding carboxylic acids is 1. The zero-order valence-corrected chi connectivity index (χ0v) is 16.9. The predicted molar refractivity (Wildman–Crippen MR) is 114 cm³/mol. The van der Waals surface area contributed by atoms with Crippen molar-refractivity contribution in [1.82, 2.24) is 15.1 Å². The van der Waals surface area contributed by atoms with Crippen LogP contribution in [-0.2, 0) is 0 Å². The molecule has 2 heterocycles. The molecule has 0 saturated carbocycles. The molecule has 3 aromatic rings. The van der Waals surface area contributed by atoms with Crippen LogP contribution >= 0.6 is 0 Å². The summed E-state index contributed by atoms with van der Waals surface area (Å²) in [4.78, 5) is 13.1. The monoisotopic (exact) mass is 408 g/mol. The first-order chi connectivity index (χ1) is 14.7. The lowest BCUT2D eigenvalue weighted by atomic mass is 9.91. The van der Waals surface area contributed by atoms with E-state index in [2.05, 4.69) is 15.7 Å². The van der Waals surface area contributed by atoms with Gasteiger partial charge in [-0.05, 0) is 75.3 Å². The lowest BCUT2D eigenvalue weighted by Gasteiger charge is -2.24. The Morgan fingerprint density at radius 1 is 1.23 bits per heavy atom. The van der Waals surface area contributed by atoms with Crippen LogP contribution in [0.4, 0.5) is 10.1 Å². The Morgan fingerprint density at radius 3 is 2.70 bits per heavy atom. The first-order valence-corrected chi connectivity index (χ1v) is 10.2. The molecule has 1 amide bonds. The van der Waals surface area contributed by atoms with Crippen molar-refractivity contribution in [2.75, 3.05) is 25.0 Å². The highest BCUT2D eigenvalue weighted by Gasteiger charge is 2.27. The Bertz CT molecular complexity index is 1010. The van der Waals surface area contributed by atoms with Crippen molar-refractivity contribution < 1.29 is 13.9 Å². The van der Waals surface area contributed by atoms with Crippen LogP contribution in [0.25, 0.3) is 5.69 Å². The summed E-state index contributed by atoms with van der Waals surface area (Å²) in [6.45, 7) is 4.26. The van der Waals surface area contributed by atoms with Gasteiger partial charge in [0, 0.05) is 11.6 Å². The van der Waals surface area contributed by atoms with Crippen LogP contribution in [0.15, 0.2) is 54.7 Å². The highest BCUT2D eigenvalue weighted by atomic mass is 19.1. The Morgan fingerprint density at radius 2 is 2.00 bits per heavy atom. The van der Waals surface area contributed by atoms with Crippen LogP contribution in [0.2, 0.25) is 0 Å². The fourth-order valence-corrected chi connectivity index (χ4v) is 3.83. The van der Waals surface area contributed by atoms with E-state index in [1.54, 1.807) is 23.0 Å². The average Bonchev–Trinajstić information content (AvgIpc) is 3.21. The van der Waals surface area contributed by atoms with Crippen molar-refractivity contribution in [3.63, 3.8) is 0 Å². The van der Waals surface area contributed by atoms with E-state index in [0.717, 1.165) is 37.4 Å². The minimum atomic E-state index is -0.334. The molecule has 0 atom stereocenters. The van der Waals surface area contributed by atoms with E-state index in [0.29, 0.717) is 23.5 Å². The van der Waals surface area contributed by atoms with Gasteiger partial charge >= 0.3 is 0 Å². The molecule has 1 saturated heterocycles. The fraction of sp³-hybridized carbons (Fsp3) is 0.304. The minimum Gasteiger partial charge on any atom is -0.494 e. The van der Waals surface area contributed by atoms with E-state index >= 15 is 0 Å². The Hall–Kier alpha value is -3.19. The highest BCUT2D eigenvalue weighted by Crippen LogP contribution is 2.31. The molecule has 1 fully saturated rings. The van der Waals surface area contributed by atoms with E-state index in [9.17, 15) is 9.18 Å². The first-order valence-electron chi connectivity index (χ1n) is 10.2. The minimum absolute atomic E-state index is 0.165. The molecule has 1 aliphatic rings. The van der Waals surface area contributed by atoms with E-state index in [1.807, 2.05) is 31.2 Å². The standard InChI is InChI=1S/C23H25FN4O2/c1-2-30-20-8-6-18(7-9-20)27-23(29)21-15-26-28(19-5-3-4-17(24)14-19)22(21)16-10-12-25-13-11-16/h3-9,14-16,25H,2,10-13H2,1H3,(H,27,29). The molecule has 0 radical (unpaired) electrons. The number of piperidine rings is 1. The van der Waals surface area contributed by atoms with Gasteiger partial charge in [-0.25, -0.2) is 9.07 Å². The molecule has 0 aliphatic carbocycles. The number of hydrogen-bond donors (Lipinski definition) is 2. The van der Waals surface area contributed by atoms with E-state index in [4.69, 9.17) is 4.74 Å². The van der Waals surface area contributed by atoms with Gasteiger partial charge in [-0.1, -0.05) is 6.07 Å². The molecule has 0 unspecified atom stereocenters. The number of hydrogen-bond acceptors (Lipinski definition) is 4. The number of aromatic nitrogens is 2. The molecule has 2 aromatic carbocycles. The summed E-state index contributed by atoms with van der Waals surface area (Å²) >= 11 is 0. The predicted octanol–water partition coefficient (Wildman–Crippen LogP) is 4.13. The number of halogens is 1. The third-order valence-corrected chi connectivity index (χ3v) is 5.25. The highest BCUT2D eigenvalue weighted by molar-refractivity contribution is 6.05. The zero-order chi connectivity index (χ0) is 20.9. The molecule has 2 N–H and O–H groups in total. The maximum absolute atomic E-state index is 13.8. The van der Waals surface area contributed by atoms with Gasteiger partial charge in [0.25, 0.3) is 5.91 Å². The van der Waals surface area contributed by atoms with Crippen molar-refractivity contribution in [3.05, 3.63) is 71.8 Å². The lowest BCUT2D eigenvalue weighted by molar-refractivity contribution is 0.102. The quantitative estimate of drug-likeness (QED) is 0.644. The summed E-state index contributed by atoms with van der Waals surface area (Å²) in [5, 5.41) is 10.7. The number of benzene rings is 2. The third kappa shape index (κ3) is 4.36. The average molecular weight is 408 g/mol. The SMILES string of the molecule is CCOc1ccc(NC(=O)c2cnn(-c3cccc(F)c3)c2C2CCNCC2)cc1. The molecule has 4 rings (SSSR count). The first kappa shape index (κ1) is 20.1. The second kappa shape index (κ2) is 9.09. The van der Waals surface area contributed by atoms with Gasteiger partial charge in [0.05, 0.1) is 29.7 Å². The number of ether oxygens (including phenoxy) is 1. The number of anilines is 1. The smallest absolute Gasteiger partial charge is 0.259 e. The van der Waals surface area contributed by atoms with E-state index in [1.165, 1.54) is 12.1 Å².